The predicted molar refractivity (Wildman–Crippen MR) is 285 cm³/mol. The first-order valence-electron chi connectivity index (χ1n) is 24.5. The van der Waals surface area contributed by atoms with Gasteiger partial charge in [0, 0.05) is 5.41 Å². The van der Waals surface area contributed by atoms with Gasteiger partial charge in [0.15, 0.2) is 0 Å². The van der Waals surface area contributed by atoms with Crippen molar-refractivity contribution in [1.82, 2.24) is 0 Å². The van der Waals surface area contributed by atoms with Crippen LogP contribution in [0.4, 0.5) is 0 Å². The van der Waals surface area contributed by atoms with Crippen LogP contribution in [0.1, 0.15) is 94.8 Å². The summed E-state index contributed by atoms with van der Waals surface area (Å²) < 4.78 is 0. The Morgan fingerprint density at radius 1 is 0.412 bits per heavy atom. The third-order valence-electron chi connectivity index (χ3n) is 16.4. The molecule has 324 valence electrons. The monoisotopic (exact) mass is 868 g/mol. The van der Waals surface area contributed by atoms with Crippen molar-refractivity contribution in [2.24, 2.45) is 0 Å². The van der Waals surface area contributed by atoms with E-state index >= 15 is 0 Å². The molecule has 2 atom stereocenters. The maximum Gasteiger partial charge on any atom is 0.0731 e. The maximum absolute atomic E-state index is 5.48. The van der Waals surface area contributed by atoms with Crippen LogP contribution >= 0.6 is 0 Å². The number of benzene rings is 8. The summed E-state index contributed by atoms with van der Waals surface area (Å²) in [5, 5.41) is 0. The minimum absolute atomic E-state index is 0.471. The summed E-state index contributed by atoms with van der Waals surface area (Å²) in [6, 6.07) is 76.4. The number of fused-ring (bicyclic) bond motifs is 17. The average Bonchev–Trinajstić information content (AvgIpc) is 4.06. The second-order valence-electron chi connectivity index (χ2n) is 19.2. The Labute approximate surface area is 401 Å². The van der Waals surface area contributed by atoms with Crippen LogP contribution in [0.3, 0.4) is 0 Å². The number of rotatable bonds is 5. The van der Waals surface area contributed by atoms with Gasteiger partial charge < -0.3 is 0 Å². The van der Waals surface area contributed by atoms with E-state index in [9.17, 15) is 0 Å². The highest BCUT2D eigenvalue weighted by atomic mass is 14.6. The summed E-state index contributed by atoms with van der Waals surface area (Å²) >= 11 is 0. The van der Waals surface area contributed by atoms with E-state index in [1.54, 1.807) is 0 Å². The lowest BCUT2D eigenvalue weighted by Gasteiger charge is -2.39. The molecular formula is C68H52. The van der Waals surface area contributed by atoms with Crippen LogP contribution in [0.25, 0.3) is 44.5 Å². The summed E-state index contributed by atoms with van der Waals surface area (Å²) in [6.07, 6.45) is 10.9. The molecule has 8 aromatic rings. The van der Waals surface area contributed by atoms with Crippen LogP contribution in [0.5, 0.6) is 0 Å². The SMILES string of the molecule is C=C1C2=C(C3=C(C[C@](CC)(c4ccccc4-c4ccccc4)c4ccccc41)c1ccccc1C31c3ccccc3-c3ccccc31)c1ccccc1[C@@]21C(/C=C\C)=C(/C=C\C)c2ccccc21. The molecule has 0 saturated carbocycles. The van der Waals surface area contributed by atoms with Crippen molar-refractivity contribution in [3.63, 3.8) is 0 Å². The van der Waals surface area contributed by atoms with Gasteiger partial charge in [-0.2, -0.15) is 0 Å². The van der Waals surface area contributed by atoms with Gasteiger partial charge in [-0.3, -0.25) is 0 Å². The fraction of sp³-hybridized carbons (Fsp3) is 0.118. The zero-order chi connectivity index (χ0) is 45.8. The average molecular weight is 869 g/mol. The molecule has 0 unspecified atom stereocenters. The van der Waals surface area contributed by atoms with Crippen LogP contribution in [0, 0.1) is 0 Å². The lowest BCUT2D eigenvalue weighted by molar-refractivity contribution is 0.508. The van der Waals surface area contributed by atoms with Gasteiger partial charge in [0.2, 0.25) is 0 Å². The first-order chi connectivity index (χ1) is 33.5. The fourth-order valence-electron chi connectivity index (χ4n) is 14.0. The lowest BCUT2D eigenvalue weighted by atomic mass is 9.62. The lowest BCUT2D eigenvalue weighted by Crippen LogP contribution is -2.31. The van der Waals surface area contributed by atoms with E-state index in [0.717, 1.165) is 18.4 Å². The minimum Gasteiger partial charge on any atom is -0.0908 e. The summed E-state index contributed by atoms with van der Waals surface area (Å²) in [4.78, 5) is 0. The molecule has 0 heterocycles. The van der Waals surface area contributed by atoms with E-state index in [1.807, 2.05) is 0 Å². The van der Waals surface area contributed by atoms with Crippen molar-refractivity contribution >= 4 is 22.3 Å². The summed E-state index contributed by atoms with van der Waals surface area (Å²) in [7, 11) is 0. The molecular weight excluding hydrogens is 817 g/mol. The third-order valence-corrected chi connectivity index (χ3v) is 16.4. The molecule has 0 heteroatoms. The van der Waals surface area contributed by atoms with Gasteiger partial charge in [0.1, 0.15) is 0 Å². The summed E-state index contributed by atoms with van der Waals surface area (Å²) in [6.45, 7) is 12.2. The van der Waals surface area contributed by atoms with E-state index in [0.29, 0.717) is 0 Å². The molecule has 5 aliphatic rings. The van der Waals surface area contributed by atoms with Crippen LogP contribution in [-0.4, -0.2) is 0 Å². The molecule has 0 fully saturated rings. The number of allylic oxidation sites excluding steroid dienone is 11. The Morgan fingerprint density at radius 3 is 1.41 bits per heavy atom. The van der Waals surface area contributed by atoms with Gasteiger partial charge in [0.05, 0.1) is 10.8 Å². The normalized spacial score (nSPS) is 20.2. The van der Waals surface area contributed by atoms with Gasteiger partial charge in [-0.05, 0) is 149 Å². The van der Waals surface area contributed by atoms with Gasteiger partial charge in [-0.1, -0.05) is 238 Å². The van der Waals surface area contributed by atoms with Gasteiger partial charge in [-0.25, -0.2) is 0 Å². The topological polar surface area (TPSA) is 0 Å². The van der Waals surface area contributed by atoms with Crippen molar-refractivity contribution in [2.75, 3.05) is 0 Å². The molecule has 0 N–H and O–H groups in total. The van der Waals surface area contributed by atoms with E-state index in [4.69, 9.17) is 6.58 Å². The standard InChI is InChI=1S/C68H52/c1-5-25-48-49-31-13-20-38-58(49)67(57(48)26-6-2)62-42-24-17-35-53(62)63-64(67)44(4)46-29-11-18-36-55(46)66(7-3,56-37-19-12-30-47(56)45-27-9-8-10-28-45)43-54-52-34-16-23-41-61(52)68(65(54)63)59-39-21-14-32-50(59)51-33-15-22-40-60(51)68/h5-6,8-42H,4,7,43H2,1-3H3/b25-5-,26-6-/t66-,67-/m0/s1. The smallest absolute Gasteiger partial charge is 0.0731 e. The molecule has 13 rings (SSSR count). The molecule has 0 nitrogen and oxygen atoms in total. The highest BCUT2D eigenvalue weighted by Gasteiger charge is 2.61. The Balaban J connectivity index is 1.29. The Hall–Kier alpha value is -7.80. The first kappa shape index (κ1) is 40.5. The summed E-state index contributed by atoms with van der Waals surface area (Å²) in [5.74, 6) is 0. The molecule has 5 aliphatic carbocycles. The second kappa shape index (κ2) is 15.1. The van der Waals surface area contributed by atoms with Crippen molar-refractivity contribution in [2.45, 2.75) is 49.9 Å². The van der Waals surface area contributed by atoms with Crippen molar-refractivity contribution in [3.05, 3.63) is 309 Å². The van der Waals surface area contributed by atoms with Gasteiger partial charge in [-0.15, -0.1) is 0 Å². The van der Waals surface area contributed by atoms with Gasteiger partial charge >= 0.3 is 0 Å². The van der Waals surface area contributed by atoms with Crippen LogP contribution in [-0.2, 0) is 16.2 Å². The highest BCUT2D eigenvalue weighted by molar-refractivity contribution is 6.14. The van der Waals surface area contributed by atoms with Crippen LogP contribution in [0.2, 0.25) is 0 Å². The minimum atomic E-state index is -0.680. The number of hydrogen-bond acceptors (Lipinski definition) is 0. The first-order valence-corrected chi connectivity index (χ1v) is 24.5. The second-order valence-corrected chi connectivity index (χ2v) is 19.2. The van der Waals surface area contributed by atoms with Crippen LogP contribution < -0.4 is 0 Å². The van der Waals surface area contributed by atoms with E-state index in [2.05, 4.69) is 245 Å². The molecule has 0 aliphatic heterocycles. The zero-order valence-corrected chi connectivity index (χ0v) is 39.0. The van der Waals surface area contributed by atoms with Crippen molar-refractivity contribution < 1.29 is 0 Å². The third kappa shape index (κ3) is 5.00. The molecule has 0 amide bonds. The quantitative estimate of drug-likeness (QED) is 0.162. The Morgan fingerprint density at radius 2 is 0.838 bits per heavy atom. The van der Waals surface area contributed by atoms with E-state index in [1.165, 1.54) is 117 Å². The van der Waals surface area contributed by atoms with Crippen molar-refractivity contribution in [1.29, 1.82) is 0 Å². The maximum atomic E-state index is 5.48. The van der Waals surface area contributed by atoms with E-state index < -0.39 is 16.2 Å². The van der Waals surface area contributed by atoms with Gasteiger partial charge in [0.25, 0.3) is 0 Å². The molecule has 0 bridgehead atoms. The summed E-state index contributed by atoms with van der Waals surface area (Å²) in [5.41, 5.74) is 26.9. The Bertz CT molecular complexity index is 3570. The zero-order valence-electron chi connectivity index (χ0n) is 39.0. The predicted octanol–water partition coefficient (Wildman–Crippen LogP) is 16.9. The van der Waals surface area contributed by atoms with E-state index in [-0.39, 0.29) is 0 Å². The number of hydrogen-bond donors (Lipinski definition) is 0. The Kier molecular flexibility index (Phi) is 8.99. The molecule has 2 spiro atoms. The van der Waals surface area contributed by atoms with Crippen molar-refractivity contribution in [3.8, 4) is 22.3 Å². The molecule has 68 heavy (non-hydrogen) atoms. The highest BCUT2D eigenvalue weighted by Crippen LogP contribution is 2.72. The largest absolute Gasteiger partial charge is 0.0908 e. The molecule has 8 aromatic carbocycles. The molecule has 0 radical (unpaired) electrons. The molecule has 0 aromatic heterocycles. The molecule has 0 saturated heterocycles. The fourth-order valence-corrected chi connectivity index (χ4v) is 14.0. The van der Waals surface area contributed by atoms with Crippen LogP contribution in [0.15, 0.2) is 248 Å².